The van der Waals surface area contributed by atoms with Crippen molar-refractivity contribution in [2.75, 3.05) is 12.9 Å². The Kier molecular flexibility index (Phi) is 7.00. The molecule has 9 heteroatoms. The van der Waals surface area contributed by atoms with Gasteiger partial charge in [-0.05, 0) is 35.9 Å². The minimum absolute atomic E-state index is 0.286. The first kappa shape index (κ1) is 22.9. The van der Waals surface area contributed by atoms with E-state index in [4.69, 9.17) is 4.74 Å². The van der Waals surface area contributed by atoms with Crippen LogP contribution < -0.4 is 21.3 Å². The highest BCUT2D eigenvalue weighted by Gasteiger charge is 2.17. The van der Waals surface area contributed by atoms with Gasteiger partial charge in [-0.25, -0.2) is 4.79 Å². The lowest BCUT2D eigenvalue weighted by atomic mass is 10.2. The molecule has 7 nitrogen and oxygen atoms in total. The van der Waals surface area contributed by atoms with E-state index in [0.717, 1.165) is 21.8 Å². The van der Waals surface area contributed by atoms with Gasteiger partial charge in [-0.3, -0.25) is 18.7 Å². The first-order chi connectivity index (χ1) is 16.0. The zero-order valence-electron chi connectivity index (χ0n) is 18.2. The summed E-state index contributed by atoms with van der Waals surface area (Å²) in [6.07, 6.45) is 0. The molecule has 170 valence electrons. The van der Waals surface area contributed by atoms with E-state index >= 15 is 0 Å². The molecule has 4 aromatic rings. The van der Waals surface area contributed by atoms with Gasteiger partial charge < -0.3 is 10.1 Å². The summed E-state index contributed by atoms with van der Waals surface area (Å²) < 4.78 is 7.88. The number of ether oxygens (including phenoxy) is 1. The largest absolute Gasteiger partial charge is 0.497 e. The molecule has 4 rings (SSSR count). The van der Waals surface area contributed by atoms with E-state index in [-0.39, 0.29) is 23.7 Å². The van der Waals surface area contributed by atoms with Crippen molar-refractivity contribution in [1.29, 1.82) is 0 Å². The second-order valence-electron chi connectivity index (χ2n) is 7.32. The predicted molar refractivity (Wildman–Crippen MR) is 133 cm³/mol. The number of nitrogens with one attached hydrogen (secondary N) is 1. The maximum Gasteiger partial charge on any atom is 0.331 e. The molecule has 0 saturated heterocycles. The smallest absolute Gasteiger partial charge is 0.331 e. The fraction of sp³-hybridized carbons (Fsp3) is 0.208. The highest BCUT2D eigenvalue weighted by molar-refractivity contribution is 7.99. The zero-order chi connectivity index (χ0) is 23.4. The Labute approximate surface area is 198 Å². The number of thioether (sulfide) groups is 1. The molecule has 2 aromatic heterocycles. The molecule has 1 amide bonds. The van der Waals surface area contributed by atoms with Crippen molar-refractivity contribution in [1.82, 2.24) is 14.5 Å². The highest BCUT2D eigenvalue weighted by atomic mass is 32.2. The molecule has 0 aliphatic rings. The van der Waals surface area contributed by atoms with Crippen LogP contribution in [-0.2, 0) is 20.1 Å². The predicted octanol–water partition coefficient (Wildman–Crippen LogP) is 3.49. The summed E-state index contributed by atoms with van der Waals surface area (Å²) in [7, 11) is 3.21. The first-order valence-corrected chi connectivity index (χ1v) is 12.1. The summed E-state index contributed by atoms with van der Waals surface area (Å²) in [5, 5.41) is 3.24. The molecule has 0 saturated carbocycles. The Hall–Kier alpha value is -3.30. The molecule has 0 radical (unpaired) electrons. The van der Waals surface area contributed by atoms with Gasteiger partial charge in [-0.2, -0.15) is 0 Å². The minimum atomic E-state index is -0.383. The van der Waals surface area contributed by atoms with Gasteiger partial charge in [0.2, 0.25) is 0 Å². The van der Waals surface area contributed by atoms with Crippen molar-refractivity contribution >= 4 is 39.2 Å². The molecule has 0 unspecified atom stereocenters. The monoisotopic (exact) mass is 481 g/mol. The Balaban J connectivity index is 1.53. The molecular formula is C24H23N3O4S2. The quantitative estimate of drug-likeness (QED) is 0.390. The number of amides is 1. The van der Waals surface area contributed by atoms with Crippen LogP contribution in [0.1, 0.15) is 15.2 Å². The van der Waals surface area contributed by atoms with Gasteiger partial charge >= 0.3 is 5.69 Å². The van der Waals surface area contributed by atoms with Gasteiger partial charge in [0.05, 0.1) is 17.4 Å². The second kappa shape index (κ2) is 10.1. The number of thiophene rings is 1. The van der Waals surface area contributed by atoms with Gasteiger partial charge in [0.15, 0.2) is 0 Å². The van der Waals surface area contributed by atoms with Crippen LogP contribution in [0.3, 0.4) is 0 Å². The second-order valence-corrected chi connectivity index (χ2v) is 9.52. The van der Waals surface area contributed by atoms with E-state index in [2.05, 4.69) is 5.32 Å². The van der Waals surface area contributed by atoms with Crippen molar-refractivity contribution in [2.45, 2.75) is 18.0 Å². The summed E-state index contributed by atoms with van der Waals surface area (Å²) in [5.41, 5.74) is 0.144. The van der Waals surface area contributed by atoms with Crippen LogP contribution in [0.25, 0.3) is 10.2 Å². The van der Waals surface area contributed by atoms with Gasteiger partial charge in [0.25, 0.3) is 11.5 Å². The number of benzene rings is 2. The van der Waals surface area contributed by atoms with Gasteiger partial charge in [0, 0.05) is 30.8 Å². The molecule has 0 aliphatic carbocycles. The number of hydrogen-bond acceptors (Lipinski definition) is 6. The molecule has 0 fully saturated rings. The average Bonchev–Trinajstić information content (AvgIpc) is 3.30. The highest BCUT2D eigenvalue weighted by Crippen LogP contribution is 2.22. The topological polar surface area (TPSA) is 82.3 Å². The normalized spacial score (nSPS) is 11.0. The van der Waals surface area contributed by atoms with E-state index in [9.17, 15) is 14.4 Å². The fourth-order valence-electron chi connectivity index (χ4n) is 3.42. The van der Waals surface area contributed by atoms with Crippen LogP contribution in [0.4, 0.5) is 0 Å². The number of fused-ring (bicyclic) bond motifs is 1. The Morgan fingerprint density at radius 3 is 2.64 bits per heavy atom. The molecule has 0 bridgehead atoms. The molecular weight excluding hydrogens is 458 g/mol. The maximum atomic E-state index is 13.0. The SMILES string of the molecule is COc1cccc(CNC(=O)c2cc3c(=O)n(CCSc4ccccc4)c(=O)n(C)c3s2)c1. The van der Waals surface area contributed by atoms with Crippen LogP contribution in [0.2, 0.25) is 0 Å². The number of aromatic nitrogens is 2. The molecule has 2 heterocycles. The lowest BCUT2D eigenvalue weighted by Gasteiger charge is -2.08. The Bertz CT molecular complexity index is 1410. The van der Waals surface area contributed by atoms with E-state index in [1.807, 2.05) is 54.6 Å². The van der Waals surface area contributed by atoms with Crippen molar-refractivity contribution < 1.29 is 9.53 Å². The van der Waals surface area contributed by atoms with Crippen LogP contribution in [0, 0.1) is 0 Å². The lowest BCUT2D eigenvalue weighted by Crippen LogP contribution is -2.39. The summed E-state index contributed by atoms with van der Waals surface area (Å²) in [4.78, 5) is 40.5. The molecule has 33 heavy (non-hydrogen) atoms. The third kappa shape index (κ3) is 5.04. The van der Waals surface area contributed by atoms with Crippen molar-refractivity contribution in [3.05, 3.63) is 91.9 Å². The molecule has 0 atom stereocenters. The molecule has 0 spiro atoms. The number of aryl methyl sites for hydroxylation is 1. The van der Waals surface area contributed by atoms with E-state index in [1.54, 1.807) is 32.0 Å². The summed E-state index contributed by atoms with van der Waals surface area (Å²) in [6.45, 7) is 0.609. The number of carbonyl (C=O) groups is 1. The molecule has 2 aromatic carbocycles. The zero-order valence-corrected chi connectivity index (χ0v) is 19.9. The van der Waals surface area contributed by atoms with Gasteiger partial charge in [-0.15, -0.1) is 23.1 Å². The summed E-state index contributed by atoms with van der Waals surface area (Å²) in [6, 6.07) is 18.8. The molecule has 1 N–H and O–H groups in total. The van der Waals surface area contributed by atoms with Crippen LogP contribution >= 0.6 is 23.1 Å². The van der Waals surface area contributed by atoms with Gasteiger partial charge in [0.1, 0.15) is 10.6 Å². The van der Waals surface area contributed by atoms with E-state index in [1.165, 1.54) is 9.13 Å². The number of hydrogen-bond donors (Lipinski definition) is 1. The Morgan fingerprint density at radius 2 is 1.88 bits per heavy atom. The number of carbonyl (C=O) groups excluding carboxylic acids is 1. The lowest BCUT2D eigenvalue weighted by molar-refractivity contribution is 0.0955. The Morgan fingerprint density at radius 1 is 1.09 bits per heavy atom. The first-order valence-electron chi connectivity index (χ1n) is 10.3. The number of methoxy groups -OCH3 is 1. The van der Waals surface area contributed by atoms with Crippen molar-refractivity contribution in [3.8, 4) is 5.75 Å². The fourth-order valence-corrected chi connectivity index (χ4v) is 5.30. The summed E-state index contributed by atoms with van der Waals surface area (Å²) >= 11 is 2.72. The third-order valence-corrected chi connectivity index (χ3v) is 7.35. The minimum Gasteiger partial charge on any atom is -0.497 e. The van der Waals surface area contributed by atoms with E-state index in [0.29, 0.717) is 33.1 Å². The van der Waals surface area contributed by atoms with E-state index < -0.39 is 0 Å². The number of nitrogens with zero attached hydrogens (tertiary/aromatic N) is 2. The maximum absolute atomic E-state index is 13.0. The van der Waals surface area contributed by atoms with Crippen LogP contribution in [0.15, 0.2) is 75.1 Å². The third-order valence-electron chi connectivity index (χ3n) is 5.15. The molecule has 0 aliphatic heterocycles. The average molecular weight is 482 g/mol. The summed E-state index contributed by atoms with van der Waals surface area (Å²) in [5.74, 6) is 1.00. The van der Waals surface area contributed by atoms with Crippen LogP contribution in [0.5, 0.6) is 5.75 Å². The van der Waals surface area contributed by atoms with Crippen LogP contribution in [-0.4, -0.2) is 27.9 Å². The van der Waals surface area contributed by atoms with Crippen molar-refractivity contribution in [3.63, 3.8) is 0 Å². The van der Waals surface area contributed by atoms with Crippen molar-refractivity contribution in [2.24, 2.45) is 7.05 Å². The number of rotatable bonds is 8. The standard InChI is InChI=1S/C24H23N3O4S2/c1-26-23-19(22(29)27(24(26)30)11-12-32-18-9-4-3-5-10-18)14-20(33-23)21(28)25-15-16-7-6-8-17(13-16)31-2/h3-10,13-14H,11-12,15H2,1-2H3,(H,25,28). The van der Waals surface area contributed by atoms with Gasteiger partial charge in [-0.1, -0.05) is 30.3 Å².